The van der Waals surface area contributed by atoms with Crippen LogP contribution in [-0.2, 0) is 9.53 Å². The minimum absolute atomic E-state index is 0.271. The number of ether oxygens (including phenoxy) is 1. The van der Waals surface area contributed by atoms with Crippen molar-refractivity contribution in [3.8, 4) is 10.8 Å². The lowest BCUT2D eigenvalue weighted by atomic mass is 10.1. The summed E-state index contributed by atoms with van der Waals surface area (Å²) in [7, 11) is 0. The molecular weight excluding hydrogens is 314 g/mol. The highest BCUT2D eigenvalue weighted by atomic mass is 32.1. The summed E-state index contributed by atoms with van der Waals surface area (Å²) in [6, 6.07) is 8.84. The number of allylic oxidation sites excluding steroid dienone is 1. The standard InChI is InChI=1S/C17H13NO4S/c1-2-21-16(20)8-7-13(19)11-5-6-12-14(10-11)22-17(18-12)15-4-3-9-23-15/h3-10H,2H2,1H3/b8-7+. The molecule has 5 nitrogen and oxygen atoms in total. The van der Waals surface area contributed by atoms with E-state index >= 15 is 0 Å². The largest absolute Gasteiger partial charge is 0.463 e. The highest BCUT2D eigenvalue weighted by molar-refractivity contribution is 7.13. The molecule has 3 aromatic rings. The average Bonchev–Trinajstić information content (AvgIpc) is 3.20. The molecule has 0 aliphatic carbocycles. The number of oxazole rings is 1. The van der Waals surface area contributed by atoms with Crippen LogP contribution < -0.4 is 0 Å². The number of rotatable bonds is 5. The molecule has 2 heterocycles. The van der Waals surface area contributed by atoms with Gasteiger partial charge in [0.05, 0.1) is 11.5 Å². The van der Waals surface area contributed by atoms with Gasteiger partial charge >= 0.3 is 5.97 Å². The number of fused-ring (bicyclic) bond motifs is 1. The Morgan fingerprint density at radius 1 is 1.30 bits per heavy atom. The Morgan fingerprint density at radius 3 is 2.91 bits per heavy atom. The molecule has 0 saturated heterocycles. The van der Waals surface area contributed by atoms with Crippen molar-refractivity contribution in [2.75, 3.05) is 6.61 Å². The molecule has 2 aromatic heterocycles. The third-order valence-electron chi connectivity index (χ3n) is 3.06. The highest BCUT2D eigenvalue weighted by Crippen LogP contribution is 2.28. The fourth-order valence-corrected chi connectivity index (χ4v) is 2.66. The minimum atomic E-state index is -0.540. The smallest absolute Gasteiger partial charge is 0.330 e. The van der Waals surface area contributed by atoms with Gasteiger partial charge in [0.25, 0.3) is 0 Å². The first-order valence-corrected chi connectivity index (χ1v) is 7.89. The van der Waals surface area contributed by atoms with Crippen LogP contribution in [0.1, 0.15) is 17.3 Å². The Morgan fingerprint density at radius 2 is 2.17 bits per heavy atom. The summed E-state index contributed by atoms with van der Waals surface area (Å²) in [5.74, 6) is -0.308. The van der Waals surface area contributed by atoms with E-state index in [9.17, 15) is 9.59 Å². The number of carbonyl (C=O) groups excluding carboxylic acids is 2. The summed E-state index contributed by atoms with van der Waals surface area (Å²) in [4.78, 5) is 28.6. The van der Waals surface area contributed by atoms with Gasteiger partial charge < -0.3 is 9.15 Å². The van der Waals surface area contributed by atoms with Crippen LogP contribution in [0.4, 0.5) is 0 Å². The number of carbonyl (C=O) groups is 2. The second kappa shape index (κ2) is 6.58. The molecule has 23 heavy (non-hydrogen) atoms. The third kappa shape index (κ3) is 3.37. The second-order valence-electron chi connectivity index (χ2n) is 4.63. The predicted molar refractivity (Wildman–Crippen MR) is 87.4 cm³/mol. The molecule has 3 rings (SSSR count). The van der Waals surface area contributed by atoms with Crippen molar-refractivity contribution in [1.29, 1.82) is 0 Å². The number of aromatic nitrogens is 1. The number of benzene rings is 1. The molecule has 0 saturated carbocycles. The number of esters is 1. The Hall–Kier alpha value is -2.73. The van der Waals surface area contributed by atoms with Crippen LogP contribution >= 0.6 is 11.3 Å². The summed E-state index contributed by atoms with van der Waals surface area (Å²) in [6.45, 7) is 1.98. The second-order valence-corrected chi connectivity index (χ2v) is 5.58. The quantitative estimate of drug-likeness (QED) is 0.404. The molecule has 116 valence electrons. The van der Waals surface area contributed by atoms with Crippen LogP contribution in [0.5, 0.6) is 0 Å². The van der Waals surface area contributed by atoms with Crippen LogP contribution in [0.15, 0.2) is 52.3 Å². The molecule has 0 amide bonds. The van der Waals surface area contributed by atoms with Crippen LogP contribution in [0, 0.1) is 0 Å². The van der Waals surface area contributed by atoms with Gasteiger partial charge in [-0.25, -0.2) is 9.78 Å². The summed E-state index contributed by atoms with van der Waals surface area (Å²) in [6.07, 6.45) is 2.31. The molecule has 0 unspecified atom stereocenters. The molecule has 0 aliphatic heterocycles. The number of thiophene rings is 1. The minimum Gasteiger partial charge on any atom is -0.463 e. The van der Waals surface area contributed by atoms with E-state index in [4.69, 9.17) is 9.15 Å². The van der Waals surface area contributed by atoms with E-state index in [1.54, 1.807) is 25.1 Å². The Bertz CT molecular complexity index is 877. The first-order chi connectivity index (χ1) is 11.2. The molecule has 0 spiro atoms. The van der Waals surface area contributed by atoms with E-state index < -0.39 is 5.97 Å². The monoisotopic (exact) mass is 327 g/mol. The normalized spacial score (nSPS) is 11.2. The number of nitrogens with zero attached hydrogens (tertiary/aromatic N) is 1. The van der Waals surface area contributed by atoms with Crippen LogP contribution in [-0.4, -0.2) is 23.3 Å². The van der Waals surface area contributed by atoms with Gasteiger partial charge in [-0.2, -0.15) is 0 Å². The molecule has 0 radical (unpaired) electrons. The lowest BCUT2D eigenvalue weighted by Crippen LogP contribution is -2.01. The lowest BCUT2D eigenvalue weighted by molar-refractivity contribution is -0.137. The van der Waals surface area contributed by atoms with E-state index in [0.29, 0.717) is 22.6 Å². The Labute approximate surface area is 136 Å². The zero-order chi connectivity index (χ0) is 16.2. The maximum atomic E-state index is 12.1. The molecular formula is C17H13NO4S. The summed E-state index contributed by atoms with van der Waals surface area (Å²) in [5.41, 5.74) is 1.63. The fourth-order valence-electron chi connectivity index (χ4n) is 2.01. The van der Waals surface area contributed by atoms with Crippen molar-refractivity contribution in [2.45, 2.75) is 6.92 Å². The zero-order valence-corrected chi connectivity index (χ0v) is 13.1. The maximum absolute atomic E-state index is 12.1. The van der Waals surface area contributed by atoms with E-state index in [2.05, 4.69) is 4.98 Å². The van der Waals surface area contributed by atoms with Crippen molar-refractivity contribution >= 4 is 34.2 Å². The van der Waals surface area contributed by atoms with Gasteiger partial charge in [-0.3, -0.25) is 4.79 Å². The van der Waals surface area contributed by atoms with Crippen LogP contribution in [0.2, 0.25) is 0 Å². The summed E-state index contributed by atoms with van der Waals surface area (Å²) in [5, 5.41) is 1.94. The SMILES string of the molecule is CCOC(=O)/C=C/C(=O)c1ccc2nc(-c3cccs3)oc2c1. The van der Waals surface area contributed by atoms with Gasteiger partial charge in [0.15, 0.2) is 11.4 Å². The zero-order valence-electron chi connectivity index (χ0n) is 12.3. The Kier molecular flexibility index (Phi) is 4.34. The topological polar surface area (TPSA) is 69.4 Å². The van der Waals surface area contributed by atoms with Gasteiger partial charge in [0, 0.05) is 11.6 Å². The fraction of sp³-hybridized carbons (Fsp3) is 0.118. The lowest BCUT2D eigenvalue weighted by Gasteiger charge is -1.96. The van der Waals surface area contributed by atoms with Crippen LogP contribution in [0.3, 0.4) is 0 Å². The van der Waals surface area contributed by atoms with Gasteiger partial charge in [0.2, 0.25) is 5.89 Å². The van der Waals surface area contributed by atoms with Crippen molar-refractivity contribution in [2.24, 2.45) is 0 Å². The Balaban J connectivity index is 1.85. The van der Waals surface area contributed by atoms with Crippen molar-refractivity contribution < 1.29 is 18.7 Å². The first kappa shape index (κ1) is 15.2. The van der Waals surface area contributed by atoms with Gasteiger partial charge in [-0.1, -0.05) is 6.07 Å². The molecule has 0 fully saturated rings. The summed E-state index contributed by atoms with van der Waals surface area (Å²) < 4.78 is 10.4. The van der Waals surface area contributed by atoms with Crippen molar-refractivity contribution in [3.63, 3.8) is 0 Å². The van der Waals surface area contributed by atoms with Crippen molar-refractivity contribution in [1.82, 2.24) is 4.98 Å². The first-order valence-electron chi connectivity index (χ1n) is 7.01. The summed E-state index contributed by atoms with van der Waals surface area (Å²) >= 11 is 1.53. The number of ketones is 1. The van der Waals surface area contributed by atoms with E-state index in [0.717, 1.165) is 11.0 Å². The van der Waals surface area contributed by atoms with Crippen LogP contribution in [0.25, 0.3) is 21.9 Å². The number of hydrogen-bond donors (Lipinski definition) is 0. The van der Waals surface area contributed by atoms with Gasteiger partial charge in [0.1, 0.15) is 5.52 Å². The van der Waals surface area contributed by atoms with Crippen molar-refractivity contribution in [3.05, 3.63) is 53.4 Å². The molecule has 0 aliphatic rings. The predicted octanol–water partition coefficient (Wildman–Crippen LogP) is 3.86. The third-order valence-corrected chi connectivity index (χ3v) is 3.92. The van der Waals surface area contributed by atoms with E-state index in [1.165, 1.54) is 17.4 Å². The highest BCUT2D eigenvalue weighted by Gasteiger charge is 2.11. The maximum Gasteiger partial charge on any atom is 0.330 e. The van der Waals surface area contributed by atoms with Gasteiger partial charge in [-0.15, -0.1) is 11.3 Å². The molecule has 6 heteroatoms. The molecule has 0 bridgehead atoms. The van der Waals surface area contributed by atoms with E-state index in [-0.39, 0.29) is 12.4 Å². The number of hydrogen-bond acceptors (Lipinski definition) is 6. The van der Waals surface area contributed by atoms with Gasteiger partial charge in [-0.05, 0) is 42.6 Å². The van der Waals surface area contributed by atoms with E-state index in [1.807, 2.05) is 17.5 Å². The molecule has 0 N–H and O–H groups in total. The average molecular weight is 327 g/mol. The molecule has 1 aromatic carbocycles. The molecule has 0 atom stereocenters.